The number of hydrogen-bond acceptors (Lipinski definition) is 6. The van der Waals surface area contributed by atoms with Crippen molar-refractivity contribution in [3.05, 3.63) is 101 Å². The van der Waals surface area contributed by atoms with E-state index >= 15 is 0 Å². The summed E-state index contributed by atoms with van der Waals surface area (Å²) in [7, 11) is -2.76. The van der Waals surface area contributed by atoms with E-state index in [0.717, 1.165) is 12.7 Å². The van der Waals surface area contributed by atoms with Crippen molar-refractivity contribution in [3.63, 3.8) is 0 Å². The summed E-state index contributed by atoms with van der Waals surface area (Å²) in [6, 6.07) is 20.2. The molecule has 0 radical (unpaired) electrons. The third kappa shape index (κ3) is 6.95. The van der Waals surface area contributed by atoms with Crippen molar-refractivity contribution in [2.24, 2.45) is 0 Å². The van der Waals surface area contributed by atoms with Crippen LogP contribution >= 0.6 is 11.6 Å². The van der Waals surface area contributed by atoms with Crippen LogP contribution in [0.25, 0.3) is 0 Å². The number of nitrogens with one attached hydrogen (secondary N) is 1. The van der Waals surface area contributed by atoms with Crippen LogP contribution in [-0.2, 0) is 26.1 Å². The van der Waals surface area contributed by atoms with Gasteiger partial charge < -0.3 is 15.2 Å². The van der Waals surface area contributed by atoms with Gasteiger partial charge in [0.05, 0.1) is 24.7 Å². The Kier molecular flexibility index (Phi) is 9.82. The lowest BCUT2D eigenvalue weighted by atomic mass is 10.0. The number of esters is 1. The summed E-state index contributed by atoms with van der Waals surface area (Å²) in [6.07, 6.45) is 0.535. The van der Waals surface area contributed by atoms with Gasteiger partial charge in [-0.2, -0.15) is 4.31 Å². The number of ether oxygens (including phenoxy) is 1. The van der Waals surface area contributed by atoms with Gasteiger partial charge in [-0.15, -0.1) is 0 Å². The summed E-state index contributed by atoms with van der Waals surface area (Å²) < 4.78 is 33.6. The zero-order valence-electron chi connectivity index (χ0n) is 20.5. The molecule has 37 heavy (non-hydrogen) atoms. The number of methoxy groups -OCH3 is 1. The highest BCUT2D eigenvalue weighted by atomic mass is 35.5. The van der Waals surface area contributed by atoms with Gasteiger partial charge in [-0.05, 0) is 53.9 Å². The fourth-order valence-electron chi connectivity index (χ4n) is 3.89. The van der Waals surface area contributed by atoms with Gasteiger partial charge in [0.15, 0.2) is 6.04 Å². The van der Waals surface area contributed by atoms with Gasteiger partial charge in [0.1, 0.15) is 0 Å². The minimum Gasteiger partial charge on any atom is -0.467 e. The van der Waals surface area contributed by atoms with Crippen LogP contribution in [0.5, 0.6) is 0 Å². The van der Waals surface area contributed by atoms with Crippen molar-refractivity contribution in [1.82, 2.24) is 9.62 Å². The van der Waals surface area contributed by atoms with Crippen molar-refractivity contribution in [1.29, 1.82) is 0 Å². The van der Waals surface area contributed by atoms with Crippen molar-refractivity contribution < 1.29 is 27.9 Å². The molecule has 0 fully saturated rings. The Hall–Kier alpha value is -3.24. The summed E-state index contributed by atoms with van der Waals surface area (Å²) in [4.78, 5) is 24.3. The van der Waals surface area contributed by atoms with Gasteiger partial charge in [-0.3, -0.25) is 4.79 Å². The van der Waals surface area contributed by atoms with E-state index in [4.69, 9.17) is 11.6 Å². The molecule has 2 N–H and O–H groups in total. The summed E-state index contributed by atoms with van der Waals surface area (Å²) in [6.45, 7) is 1.38. The number of rotatable bonds is 11. The first-order valence-corrected chi connectivity index (χ1v) is 13.4. The van der Waals surface area contributed by atoms with Crippen molar-refractivity contribution in [3.8, 4) is 0 Å². The molecule has 10 heteroatoms. The number of aliphatic hydroxyl groups is 1. The highest BCUT2D eigenvalue weighted by Gasteiger charge is 2.32. The summed E-state index contributed by atoms with van der Waals surface area (Å²) >= 11 is 5.98. The van der Waals surface area contributed by atoms with Crippen LogP contribution in [0, 0.1) is 0 Å². The molecule has 0 heterocycles. The molecule has 3 rings (SSSR count). The van der Waals surface area contributed by atoms with Crippen LogP contribution in [-0.4, -0.2) is 49.5 Å². The Morgan fingerprint density at radius 3 is 2.16 bits per heavy atom. The van der Waals surface area contributed by atoms with E-state index in [1.807, 2.05) is 37.3 Å². The van der Waals surface area contributed by atoms with Crippen LogP contribution in [0.1, 0.15) is 40.9 Å². The molecule has 3 aromatic rings. The second-order valence-corrected chi connectivity index (χ2v) is 10.6. The van der Waals surface area contributed by atoms with Crippen LogP contribution < -0.4 is 5.32 Å². The predicted molar refractivity (Wildman–Crippen MR) is 140 cm³/mol. The standard InChI is InChI=1S/C27H29ClN2O6S/c1-3-25(20-7-5-4-6-8-20)30(37(34,35)23-15-13-22(28)14-16-23)17-19-9-11-21(12-10-19)26(32)29-24(18-31)27(33)36-2/h4-16,24-25,31H,3,17-18H2,1-2H3,(H,29,32)/t24-,25?/m1/s1. The molecule has 1 amide bonds. The number of carbonyl (C=O) groups is 2. The van der Waals surface area contributed by atoms with Crippen LogP contribution in [0.4, 0.5) is 0 Å². The number of hydrogen-bond donors (Lipinski definition) is 2. The monoisotopic (exact) mass is 544 g/mol. The molecule has 2 atom stereocenters. The quantitative estimate of drug-likeness (QED) is 0.353. The number of amides is 1. The van der Waals surface area contributed by atoms with E-state index in [9.17, 15) is 23.1 Å². The summed E-state index contributed by atoms with van der Waals surface area (Å²) in [5.41, 5.74) is 1.76. The molecule has 0 saturated heterocycles. The normalized spacial score (nSPS) is 13.1. The predicted octanol–water partition coefficient (Wildman–Crippen LogP) is 3.95. The number of nitrogens with zero attached hydrogens (tertiary/aromatic N) is 1. The van der Waals surface area contributed by atoms with E-state index in [1.54, 1.807) is 12.1 Å². The maximum Gasteiger partial charge on any atom is 0.330 e. The maximum atomic E-state index is 13.8. The van der Waals surface area contributed by atoms with Gasteiger partial charge in [0.2, 0.25) is 10.0 Å². The first-order valence-electron chi connectivity index (χ1n) is 11.6. The summed E-state index contributed by atoms with van der Waals surface area (Å²) in [5, 5.41) is 12.2. The smallest absolute Gasteiger partial charge is 0.330 e. The molecule has 0 spiro atoms. The highest BCUT2D eigenvalue weighted by molar-refractivity contribution is 7.89. The topological polar surface area (TPSA) is 113 Å². The van der Waals surface area contributed by atoms with Crippen molar-refractivity contribution >= 4 is 33.5 Å². The Bertz CT molecular complexity index is 1300. The molecule has 0 aliphatic rings. The van der Waals surface area contributed by atoms with Crippen LogP contribution in [0.3, 0.4) is 0 Å². The van der Waals surface area contributed by atoms with Gasteiger partial charge in [-0.1, -0.05) is 61.0 Å². The molecule has 196 valence electrons. The molecule has 8 nitrogen and oxygen atoms in total. The molecule has 0 bridgehead atoms. The first kappa shape index (κ1) is 28.3. The molecule has 0 aliphatic heterocycles. The fourth-order valence-corrected chi connectivity index (χ4v) is 5.69. The van der Waals surface area contributed by atoms with Crippen molar-refractivity contribution in [2.45, 2.75) is 36.9 Å². The molecule has 0 aliphatic carbocycles. The number of halogens is 1. The molecule has 3 aromatic carbocycles. The molecule has 1 unspecified atom stereocenters. The van der Waals surface area contributed by atoms with E-state index in [1.165, 1.54) is 40.7 Å². The zero-order chi connectivity index (χ0) is 27.0. The summed E-state index contributed by atoms with van der Waals surface area (Å²) in [5.74, 6) is -1.33. The second-order valence-electron chi connectivity index (χ2n) is 8.27. The van der Waals surface area contributed by atoms with E-state index < -0.39 is 40.6 Å². The lowest BCUT2D eigenvalue weighted by Crippen LogP contribution is -2.44. The van der Waals surface area contributed by atoms with Crippen LogP contribution in [0.15, 0.2) is 83.8 Å². The lowest BCUT2D eigenvalue weighted by Gasteiger charge is -2.31. The van der Waals surface area contributed by atoms with E-state index in [0.29, 0.717) is 17.0 Å². The van der Waals surface area contributed by atoms with Gasteiger partial charge in [-0.25, -0.2) is 13.2 Å². The number of aliphatic hydroxyl groups excluding tert-OH is 1. The first-order chi connectivity index (χ1) is 17.7. The third-order valence-corrected chi connectivity index (χ3v) is 7.99. The minimum atomic E-state index is -3.92. The van der Waals surface area contributed by atoms with Crippen LogP contribution in [0.2, 0.25) is 5.02 Å². The Balaban J connectivity index is 1.92. The van der Waals surface area contributed by atoms with Gasteiger partial charge in [0.25, 0.3) is 5.91 Å². The van der Waals surface area contributed by atoms with Gasteiger partial charge >= 0.3 is 5.97 Å². The molecule has 0 aromatic heterocycles. The SMILES string of the molecule is CCC(c1ccccc1)N(Cc1ccc(C(=O)N[C@H](CO)C(=O)OC)cc1)S(=O)(=O)c1ccc(Cl)cc1. The largest absolute Gasteiger partial charge is 0.467 e. The minimum absolute atomic E-state index is 0.0572. The second kappa shape index (κ2) is 12.8. The Morgan fingerprint density at radius 1 is 1.00 bits per heavy atom. The van der Waals surface area contributed by atoms with Gasteiger partial charge in [0, 0.05) is 17.1 Å². The zero-order valence-corrected chi connectivity index (χ0v) is 22.1. The maximum absolute atomic E-state index is 13.8. The lowest BCUT2D eigenvalue weighted by molar-refractivity contribution is -0.143. The average molecular weight is 545 g/mol. The highest BCUT2D eigenvalue weighted by Crippen LogP contribution is 2.32. The number of sulfonamides is 1. The average Bonchev–Trinajstić information content (AvgIpc) is 2.92. The van der Waals surface area contributed by atoms with Crippen molar-refractivity contribution in [2.75, 3.05) is 13.7 Å². The Labute approximate surface area is 221 Å². The third-order valence-electron chi connectivity index (χ3n) is 5.87. The Morgan fingerprint density at radius 2 is 1.62 bits per heavy atom. The number of carbonyl (C=O) groups excluding carboxylic acids is 2. The molecular formula is C27H29ClN2O6S. The number of benzene rings is 3. The van der Waals surface area contributed by atoms with E-state index in [-0.39, 0.29) is 17.0 Å². The molecular weight excluding hydrogens is 516 g/mol. The molecule has 0 saturated carbocycles. The fraction of sp³-hybridized carbons (Fsp3) is 0.259. The van der Waals surface area contributed by atoms with E-state index in [2.05, 4.69) is 10.1 Å².